The summed E-state index contributed by atoms with van der Waals surface area (Å²) in [7, 11) is 2.17. The van der Waals surface area contributed by atoms with E-state index >= 15 is 0 Å². The number of likely N-dealkylation sites (tertiary alicyclic amines) is 1. The fourth-order valence-electron chi connectivity index (χ4n) is 2.59. The lowest BCUT2D eigenvalue weighted by Gasteiger charge is -2.35. The lowest BCUT2D eigenvalue weighted by atomic mass is 9.98. The summed E-state index contributed by atoms with van der Waals surface area (Å²) in [5.41, 5.74) is 0. The maximum Gasteiger partial charge on any atom is 0.317 e. The van der Waals surface area contributed by atoms with Crippen molar-refractivity contribution < 1.29 is 4.79 Å². The van der Waals surface area contributed by atoms with Crippen LogP contribution in [0.2, 0.25) is 0 Å². The number of hydrogen-bond acceptors (Lipinski definition) is 2. The van der Waals surface area contributed by atoms with Crippen LogP contribution in [-0.2, 0) is 0 Å². The predicted molar refractivity (Wildman–Crippen MR) is 59.8 cm³/mol. The van der Waals surface area contributed by atoms with Crippen molar-refractivity contribution in [3.63, 3.8) is 0 Å². The molecule has 2 aliphatic heterocycles. The minimum atomic E-state index is 0.134. The smallest absolute Gasteiger partial charge is 0.317 e. The highest BCUT2D eigenvalue weighted by Gasteiger charge is 2.24. The first kappa shape index (κ1) is 10.7. The molecule has 0 aliphatic carbocycles. The molecule has 86 valence electrons. The average Bonchev–Trinajstić information content (AvgIpc) is 2.22. The highest BCUT2D eigenvalue weighted by Crippen LogP contribution is 2.17. The molecule has 4 nitrogen and oxygen atoms in total. The molecule has 1 N–H and O–H groups in total. The van der Waals surface area contributed by atoms with Gasteiger partial charge in [-0.15, -0.1) is 0 Å². The molecule has 2 rings (SSSR count). The van der Waals surface area contributed by atoms with Crippen molar-refractivity contribution in [2.24, 2.45) is 5.92 Å². The van der Waals surface area contributed by atoms with Crippen molar-refractivity contribution in [3.05, 3.63) is 0 Å². The van der Waals surface area contributed by atoms with Crippen LogP contribution in [0.15, 0.2) is 0 Å². The Bertz CT molecular complexity index is 232. The van der Waals surface area contributed by atoms with E-state index in [2.05, 4.69) is 17.3 Å². The van der Waals surface area contributed by atoms with Gasteiger partial charge in [0.2, 0.25) is 0 Å². The summed E-state index contributed by atoms with van der Waals surface area (Å²) in [6.07, 6.45) is 3.64. The van der Waals surface area contributed by atoms with Crippen LogP contribution >= 0.6 is 0 Å². The summed E-state index contributed by atoms with van der Waals surface area (Å²) in [6, 6.07) is 0.134. The van der Waals surface area contributed by atoms with Crippen LogP contribution in [0.25, 0.3) is 0 Å². The summed E-state index contributed by atoms with van der Waals surface area (Å²) in [6.45, 7) is 5.08. The predicted octanol–water partition coefficient (Wildman–Crippen LogP) is 0.744. The Morgan fingerprint density at radius 3 is 3.00 bits per heavy atom. The third-order valence-electron chi connectivity index (χ3n) is 3.37. The number of carbonyl (C=O) groups excluding carboxylic acids is 1. The number of hydrogen-bond donors (Lipinski definition) is 1. The largest absolute Gasteiger partial charge is 0.338 e. The van der Waals surface area contributed by atoms with Crippen LogP contribution in [0.3, 0.4) is 0 Å². The number of nitrogens with one attached hydrogen (secondary N) is 1. The third-order valence-corrected chi connectivity index (χ3v) is 3.37. The van der Waals surface area contributed by atoms with Gasteiger partial charge in [-0.25, -0.2) is 4.79 Å². The molecule has 2 aliphatic rings. The second-order valence-corrected chi connectivity index (χ2v) is 4.80. The number of urea groups is 1. The van der Waals surface area contributed by atoms with Crippen LogP contribution in [-0.4, -0.2) is 55.6 Å². The second kappa shape index (κ2) is 4.84. The monoisotopic (exact) mass is 211 g/mol. The molecular weight excluding hydrogens is 190 g/mol. The number of rotatable bonds is 2. The minimum absolute atomic E-state index is 0.134. The summed E-state index contributed by atoms with van der Waals surface area (Å²) in [4.78, 5) is 15.9. The molecule has 0 spiro atoms. The molecule has 0 bridgehead atoms. The van der Waals surface area contributed by atoms with Gasteiger partial charge in [0.05, 0.1) is 0 Å². The Balaban J connectivity index is 1.81. The van der Waals surface area contributed by atoms with E-state index in [1.54, 1.807) is 0 Å². The summed E-state index contributed by atoms with van der Waals surface area (Å²) in [5, 5.41) is 2.91. The van der Waals surface area contributed by atoms with Crippen LogP contribution in [0.4, 0.5) is 4.79 Å². The molecule has 2 amide bonds. The Hall–Kier alpha value is -0.770. The van der Waals surface area contributed by atoms with Gasteiger partial charge in [-0.05, 0) is 38.8 Å². The summed E-state index contributed by atoms with van der Waals surface area (Å²) in [5.74, 6) is 0.674. The zero-order valence-corrected chi connectivity index (χ0v) is 9.54. The molecular formula is C11H21N3O. The molecule has 4 heteroatoms. The van der Waals surface area contributed by atoms with Gasteiger partial charge < -0.3 is 15.1 Å². The van der Waals surface area contributed by atoms with E-state index in [-0.39, 0.29) is 6.03 Å². The van der Waals surface area contributed by atoms with Crippen molar-refractivity contribution >= 4 is 6.03 Å². The van der Waals surface area contributed by atoms with E-state index < -0.39 is 0 Å². The van der Waals surface area contributed by atoms with Gasteiger partial charge in [-0.3, -0.25) is 0 Å². The fraction of sp³-hybridized carbons (Fsp3) is 0.909. The Kier molecular flexibility index (Phi) is 3.46. The normalized spacial score (nSPS) is 29.0. The highest BCUT2D eigenvalue weighted by atomic mass is 16.2. The maximum absolute atomic E-state index is 11.6. The van der Waals surface area contributed by atoms with Gasteiger partial charge in [0.1, 0.15) is 0 Å². The molecule has 1 atom stereocenters. The van der Waals surface area contributed by atoms with Gasteiger partial charge in [-0.2, -0.15) is 0 Å². The molecule has 15 heavy (non-hydrogen) atoms. The van der Waals surface area contributed by atoms with Gasteiger partial charge >= 0.3 is 6.03 Å². The van der Waals surface area contributed by atoms with Crippen molar-refractivity contribution in [2.75, 3.05) is 39.8 Å². The first-order chi connectivity index (χ1) is 7.25. The maximum atomic E-state index is 11.6. The first-order valence-electron chi connectivity index (χ1n) is 5.97. The lowest BCUT2D eigenvalue weighted by molar-refractivity contribution is 0.144. The van der Waals surface area contributed by atoms with E-state index in [4.69, 9.17) is 0 Å². The second-order valence-electron chi connectivity index (χ2n) is 4.80. The molecule has 2 saturated heterocycles. The van der Waals surface area contributed by atoms with E-state index in [0.29, 0.717) is 5.92 Å². The summed E-state index contributed by atoms with van der Waals surface area (Å²) < 4.78 is 0. The Morgan fingerprint density at radius 2 is 2.27 bits per heavy atom. The molecule has 0 aromatic carbocycles. The molecule has 2 fully saturated rings. The number of piperidine rings is 1. The SMILES string of the molecule is CN1CCCC(CN2CCCNC2=O)C1. The molecule has 0 aromatic heterocycles. The minimum Gasteiger partial charge on any atom is -0.338 e. The molecule has 0 radical (unpaired) electrons. The van der Waals surface area contributed by atoms with E-state index in [9.17, 15) is 4.79 Å². The number of amides is 2. The van der Waals surface area contributed by atoms with Crippen LogP contribution in [0, 0.1) is 5.92 Å². The van der Waals surface area contributed by atoms with Crippen LogP contribution in [0.5, 0.6) is 0 Å². The van der Waals surface area contributed by atoms with Gasteiger partial charge in [0.15, 0.2) is 0 Å². The fourth-order valence-corrected chi connectivity index (χ4v) is 2.59. The Labute approximate surface area is 91.6 Å². The van der Waals surface area contributed by atoms with Gasteiger partial charge in [0, 0.05) is 26.2 Å². The van der Waals surface area contributed by atoms with E-state index in [1.165, 1.54) is 19.4 Å². The lowest BCUT2D eigenvalue weighted by Crippen LogP contribution is -2.49. The van der Waals surface area contributed by atoms with Gasteiger partial charge in [-0.1, -0.05) is 0 Å². The Morgan fingerprint density at radius 1 is 1.40 bits per heavy atom. The van der Waals surface area contributed by atoms with Crippen LogP contribution in [0.1, 0.15) is 19.3 Å². The standard InChI is InChI=1S/C11H21N3O/c1-13-6-2-4-10(8-13)9-14-7-3-5-12-11(14)15/h10H,2-9H2,1H3,(H,12,15). The molecule has 0 saturated carbocycles. The van der Waals surface area contributed by atoms with Crippen molar-refractivity contribution in [1.82, 2.24) is 15.1 Å². The first-order valence-corrected chi connectivity index (χ1v) is 5.97. The molecule has 0 aromatic rings. The zero-order valence-electron chi connectivity index (χ0n) is 9.54. The van der Waals surface area contributed by atoms with Crippen LogP contribution < -0.4 is 5.32 Å². The summed E-state index contributed by atoms with van der Waals surface area (Å²) >= 11 is 0. The molecule has 2 heterocycles. The van der Waals surface area contributed by atoms with Gasteiger partial charge in [0.25, 0.3) is 0 Å². The third kappa shape index (κ3) is 2.84. The number of carbonyl (C=O) groups is 1. The zero-order chi connectivity index (χ0) is 10.7. The quantitative estimate of drug-likeness (QED) is 0.731. The van der Waals surface area contributed by atoms with E-state index in [1.807, 2.05) is 4.90 Å². The average molecular weight is 211 g/mol. The molecule has 1 unspecified atom stereocenters. The van der Waals surface area contributed by atoms with Crippen molar-refractivity contribution in [2.45, 2.75) is 19.3 Å². The highest BCUT2D eigenvalue weighted by molar-refractivity contribution is 5.74. The van der Waals surface area contributed by atoms with Crippen molar-refractivity contribution in [3.8, 4) is 0 Å². The number of nitrogens with zero attached hydrogens (tertiary/aromatic N) is 2. The topological polar surface area (TPSA) is 35.6 Å². The van der Waals surface area contributed by atoms with Crippen molar-refractivity contribution in [1.29, 1.82) is 0 Å². The van der Waals surface area contributed by atoms with E-state index in [0.717, 1.165) is 32.6 Å².